The van der Waals surface area contributed by atoms with Crippen molar-refractivity contribution in [2.24, 2.45) is 0 Å². The normalized spacial score (nSPS) is 16.7. The molecule has 1 unspecified atom stereocenters. The van der Waals surface area contributed by atoms with Crippen LogP contribution in [0.4, 0.5) is 0 Å². The molecule has 0 bridgehead atoms. The van der Waals surface area contributed by atoms with Crippen molar-refractivity contribution in [3.05, 3.63) is 69.7 Å². The minimum Gasteiger partial charge on any atom is -0.456 e. The Morgan fingerprint density at radius 1 is 1.19 bits per heavy atom. The molecule has 31 heavy (non-hydrogen) atoms. The zero-order valence-corrected chi connectivity index (χ0v) is 17.5. The highest BCUT2D eigenvalue weighted by Crippen LogP contribution is 2.28. The largest absolute Gasteiger partial charge is 0.519 e. The minimum atomic E-state index is -0.787. The predicted octanol–water partition coefficient (Wildman–Crippen LogP) is 2.58. The van der Waals surface area contributed by atoms with E-state index in [0.29, 0.717) is 12.2 Å². The number of hydrogen-bond donors (Lipinski definition) is 0. The Morgan fingerprint density at radius 2 is 2.00 bits per heavy atom. The number of carbonyl (C=O) groups excluding carboxylic acids is 1. The van der Waals surface area contributed by atoms with Crippen molar-refractivity contribution in [1.82, 2.24) is 14.5 Å². The Hall–Kier alpha value is -3.13. The standard InChI is InChI=1S/C23H25N3O5/c1-15-21(31-23(28)30-15)13-29-22(27)20(25-10-4-5-11-25)12-17-19-9-8-16-6-2-3-7-18(16)26(19)14-24-17/h2-3,6-7,14,20H,4-5,8-13H2,1H3. The first kappa shape index (κ1) is 19.8. The Kier molecular flexibility index (Phi) is 5.23. The van der Waals surface area contributed by atoms with Gasteiger partial charge in [0.15, 0.2) is 18.1 Å². The van der Waals surface area contributed by atoms with Gasteiger partial charge >= 0.3 is 11.8 Å². The molecule has 1 fully saturated rings. The lowest BCUT2D eigenvalue weighted by Gasteiger charge is -2.26. The summed E-state index contributed by atoms with van der Waals surface area (Å²) in [6.45, 7) is 3.22. The van der Waals surface area contributed by atoms with E-state index in [-0.39, 0.29) is 18.3 Å². The van der Waals surface area contributed by atoms with Crippen LogP contribution in [0.25, 0.3) is 5.69 Å². The molecule has 1 atom stereocenters. The lowest BCUT2D eigenvalue weighted by atomic mass is 9.98. The van der Waals surface area contributed by atoms with Gasteiger partial charge in [-0.15, -0.1) is 0 Å². The summed E-state index contributed by atoms with van der Waals surface area (Å²) in [6, 6.07) is 7.94. The van der Waals surface area contributed by atoms with Crippen molar-refractivity contribution < 1.29 is 18.4 Å². The summed E-state index contributed by atoms with van der Waals surface area (Å²) in [6.07, 6.45) is 6.35. The molecule has 0 saturated carbocycles. The first-order valence-corrected chi connectivity index (χ1v) is 10.7. The van der Waals surface area contributed by atoms with Gasteiger partial charge in [-0.25, -0.2) is 9.78 Å². The van der Waals surface area contributed by atoms with Crippen LogP contribution < -0.4 is 5.82 Å². The van der Waals surface area contributed by atoms with E-state index >= 15 is 0 Å². The van der Waals surface area contributed by atoms with Crippen LogP contribution in [0.15, 0.2) is 44.2 Å². The lowest BCUT2D eigenvalue weighted by molar-refractivity contribution is -0.151. The fourth-order valence-corrected chi connectivity index (χ4v) is 4.60. The number of aromatic nitrogens is 2. The van der Waals surface area contributed by atoms with Crippen LogP contribution in [0.1, 0.15) is 41.3 Å². The van der Waals surface area contributed by atoms with Crippen molar-refractivity contribution in [1.29, 1.82) is 0 Å². The van der Waals surface area contributed by atoms with Gasteiger partial charge in [-0.3, -0.25) is 9.69 Å². The monoisotopic (exact) mass is 423 g/mol. The lowest BCUT2D eigenvalue weighted by Crippen LogP contribution is -2.42. The number of esters is 1. The number of carbonyl (C=O) groups is 1. The number of likely N-dealkylation sites (tertiary alicyclic amines) is 1. The molecule has 3 aromatic rings. The van der Waals surface area contributed by atoms with E-state index in [1.165, 1.54) is 5.56 Å². The van der Waals surface area contributed by atoms with E-state index in [4.69, 9.17) is 13.6 Å². The molecule has 8 heteroatoms. The van der Waals surface area contributed by atoms with Gasteiger partial charge in [0.25, 0.3) is 0 Å². The predicted molar refractivity (Wildman–Crippen MR) is 111 cm³/mol. The molecule has 4 heterocycles. The molecule has 0 spiro atoms. The summed E-state index contributed by atoms with van der Waals surface area (Å²) in [5, 5.41) is 0. The fourth-order valence-electron chi connectivity index (χ4n) is 4.60. The molecular weight excluding hydrogens is 398 g/mol. The average molecular weight is 423 g/mol. The van der Waals surface area contributed by atoms with Crippen LogP contribution in [0.5, 0.6) is 0 Å². The molecule has 1 aromatic carbocycles. The number of imidazole rings is 1. The second kappa shape index (κ2) is 8.19. The third kappa shape index (κ3) is 3.83. The minimum absolute atomic E-state index is 0.116. The van der Waals surface area contributed by atoms with E-state index in [9.17, 15) is 9.59 Å². The van der Waals surface area contributed by atoms with Gasteiger partial charge in [-0.05, 0) is 57.3 Å². The molecule has 1 saturated heterocycles. The molecule has 162 valence electrons. The molecule has 2 aliphatic rings. The van der Waals surface area contributed by atoms with Crippen LogP contribution >= 0.6 is 0 Å². The first-order valence-electron chi connectivity index (χ1n) is 10.7. The van der Waals surface area contributed by atoms with Crippen molar-refractivity contribution >= 4 is 5.97 Å². The quantitative estimate of drug-likeness (QED) is 0.563. The fraction of sp³-hybridized carbons (Fsp3) is 0.435. The number of para-hydroxylation sites is 1. The highest BCUT2D eigenvalue weighted by molar-refractivity contribution is 5.76. The molecule has 2 aromatic heterocycles. The Labute approximate surface area is 179 Å². The molecular formula is C23H25N3O5. The number of nitrogens with zero attached hydrogens (tertiary/aromatic N) is 3. The molecule has 0 amide bonds. The van der Waals surface area contributed by atoms with Crippen LogP contribution in [0, 0.1) is 6.92 Å². The van der Waals surface area contributed by atoms with Crippen molar-refractivity contribution in [2.45, 2.75) is 51.7 Å². The summed E-state index contributed by atoms with van der Waals surface area (Å²) >= 11 is 0. The van der Waals surface area contributed by atoms with Gasteiger partial charge in [0.1, 0.15) is 6.04 Å². The van der Waals surface area contributed by atoms with E-state index in [1.54, 1.807) is 6.92 Å². The molecule has 0 N–H and O–H groups in total. The van der Waals surface area contributed by atoms with Crippen LogP contribution in [-0.4, -0.2) is 39.6 Å². The molecule has 2 aliphatic heterocycles. The van der Waals surface area contributed by atoms with E-state index in [0.717, 1.165) is 55.8 Å². The number of ether oxygens (including phenoxy) is 1. The average Bonchev–Trinajstić information content (AvgIpc) is 3.50. The van der Waals surface area contributed by atoms with Gasteiger partial charge in [0.05, 0.1) is 12.0 Å². The summed E-state index contributed by atoms with van der Waals surface area (Å²) in [5.41, 5.74) is 4.57. The number of aryl methyl sites for hydroxylation is 2. The highest BCUT2D eigenvalue weighted by Gasteiger charge is 2.32. The number of fused-ring (bicyclic) bond motifs is 3. The maximum atomic E-state index is 13.1. The third-order valence-corrected chi connectivity index (χ3v) is 6.26. The van der Waals surface area contributed by atoms with Gasteiger partial charge in [0.2, 0.25) is 0 Å². The van der Waals surface area contributed by atoms with E-state index in [2.05, 4.69) is 32.7 Å². The van der Waals surface area contributed by atoms with Gasteiger partial charge < -0.3 is 18.1 Å². The second-order valence-corrected chi connectivity index (χ2v) is 8.14. The third-order valence-electron chi connectivity index (χ3n) is 6.26. The maximum absolute atomic E-state index is 13.1. The highest BCUT2D eigenvalue weighted by atomic mass is 16.6. The van der Waals surface area contributed by atoms with Crippen molar-refractivity contribution in [3.63, 3.8) is 0 Å². The molecule has 0 radical (unpaired) electrons. The van der Waals surface area contributed by atoms with Crippen molar-refractivity contribution in [3.8, 4) is 5.69 Å². The number of hydrogen-bond acceptors (Lipinski definition) is 7. The second-order valence-electron chi connectivity index (χ2n) is 8.14. The Bertz CT molecular complexity index is 1150. The maximum Gasteiger partial charge on any atom is 0.519 e. The van der Waals surface area contributed by atoms with Gasteiger partial charge in [-0.1, -0.05) is 18.2 Å². The Balaban J connectivity index is 1.37. The summed E-state index contributed by atoms with van der Waals surface area (Å²) < 4.78 is 17.5. The summed E-state index contributed by atoms with van der Waals surface area (Å²) in [4.78, 5) is 31.2. The van der Waals surface area contributed by atoms with Crippen LogP contribution in [0.2, 0.25) is 0 Å². The molecule has 8 nitrogen and oxygen atoms in total. The SMILES string of the molecule is Cc1oc(=O)oc1COC(=O)C(Cc1ncn2c1CCc1ccccc1-2)N1CCCC1. The Morgan fingerprint density at radius 3 is 2.77 bits per heavy atom. The molecule has 0 aliphatic carbocycles. The van der Waals surface area contributed by atoms with Crippen LogP contribution in [-0.2, 0) is 35.4 Å². The van der Waals surface area contributed by atoms with Gasteiger partial charge in [0, 0.05) is 17.8 Å². The zero-order valence-electron chi connectivity index (χ0n) is 17.5. The van der Waals surface area contributed by atoms with Gasteiger partial charge in [-0.2, -0.15) is 0 Å². The van der Waals surface area contributed by atoms with E-state index < -0.39 is 11.9 Å². The summed E-state index contributed by atoms with van der Waals surface area (Å²) in [5.74, 6) is -0.542. The summed E-state index contributed by atoms with van der Waals surface area (Å²) in [7, 11) is 0. The number of rotatable bonds is 6. The smallest absolute Gasteiger partial charge is 0.456 e. The molecule has 5 rings (SSSR count). The zero-order chi connectivity index (χ0) is 21.4. The van der Waals surface area contributed by atoms with Crippen molar-refractivity contribution in [2.75, 3.05) is 13.1 Å². The first-order chi connectivity index (χ1) is 15.1. The topological polar surface area (TPSA) is 90.7 Å². The van der Waals surface area contributed by atoms with Crippen LogP contribution in [0.3, 0.4) is 0 Å². The number of benzene rings is 1. The van der Waals surface area contributed by atoms with E-state index in [1.807, 2.05) is 12.4 Å².